The molecule has 1 fully saturated rings. The SMILES string of the molecule is CC1=NN(CCC(=O)N2CCO[C@H](c3cccc(Nc4nc(C)c(C)s4)n3)C2)CC1. The molecule has 2 aromatic rings. The molecule has 1 N–H and O–H groups in total. The van der Waals surface area contributed by atoms with E-state index < -0.39 is 0 Å². The number of nitrogens with one attached hydrogen (secondary N) is 1. The molecule has 0 spiro atoms. The number of hydrogen-bond donors (Lipinski definition) is 1. The quantitative estimate of drug-likeness (QED) is 0.760. The number of amides is 1. The summed E-state index contributed by atoms with van der Waals surface area (Å²) in [4.78, 5) is 25.0. The number of hydrogen-bond acceptors (Lipinski definition) is 8. The highest BCUT2D eigenvalue weighted by Crippen LogP contribution is 2.26. The minimum Gasteiger partial charge on any atom is -0.368 e. The summed E-state index contributed by atoms with van der Waals surface area (Å²) >= 11 is 1.61. The molecule has 1 saturated heterocycles. The van der Waals surface area contributed by atoms with Gasteiger partial charge in [0.25, 0.3) is 0 Å². The van der Waals surface area contributed by atoms with Crippen LogP contribution in [0.3, 0.4) is 0 Å². The number of anilines is 2. The number of nitrogens with zero attached hydrogens (tertiary/aromatic N) is 5. The largest absolute Gasteiger partial charge is 0.368 e. The third-order valence-electron chi connectivity index (χ3n) is 5.41. The molecule has 0 saturated carbocycles. The summed E-state index contributed by atoms with van der Waals surface area (Å²) in [5, 5.41) is 10.5. The molecule has 30 heavy (non-hydrogen) atoms. The second-order valence-corrected chi connectivity index (χ2v) is 8.92. The maximum absolute atomic E-state index is 12.7. The van der Waals surface area contributed by atoms with E-state index in [0.717, 1.165) is 41.0 Å². The van der Waals surface area contributed by atoms with Crippen LogP contribution in [0.4, 0.5) is 10.9 Å². The fraction of sp³-hybridized carbons (Fsp3) is 0.524. The minimum atomic E-state index is -0.226. The van der Waals surface area contributed by atoms with E-state index in [4.69, 9.17) is 9.72 Å². The summed E-state index contributed by atoms with van der Waals surface area (Å²) in [6.45, 7) is 9.32. The summed E-state index contributed by atoms with van der Waals surface area (Å²) in [6, 6.07) is 5.82. The Morgan fingerprint density at radius 3 is 2.87 bits per heavy atom. The number of morpholine rings is 1. The zero-order valence-corrected chi connectivity index (χ0v) is 18.5. The van der Waals surface area contributed by atoms with Crippen LogP contribution in [0.1, 0.15) is 42.1 Å². The Morgan fingerprint density at radius 2 is 2.13 bits per heavy atom. The molecule has 4 heterocycles. The molecule has 0 unspecified atom stereocenters. The molecule has 2 aromatic heterocycles. The highest BCUT2D eigenvalue weighted by Gasteiger charge is 2.27. The highest BCUT2D eigenvalue weighted by molar-refractivity contribution is 7.15. The van der Waals surface area contributed by atoms with Crippen molar-refractivity contribution in [3.63, 3.8) is 0 Å². The summed E-state index contributed by atoms with van der Waals surface area (Å²) in [7, 11) is 0. The Labute approximate surface area is 181 Å². The third-order valence-corrected chi connectivity index (χ3v) is 6.40. The molecule has 0 aromatic carbocycles. The lowest BCUT2D eigenvalue weighted by molar-refractivity contribution is -0.139. The first kappa shape index (κ1) is 20.7. The van der Waals surface area contributed by atoms with Crippen LogP contribution in [-0.2, 0) is 9.53 Å². The van der Waals surface area contributed by atoms with Gasteiger partial charge in [-0.25, -0.2) is 9.97 Å². The molecule has 2 aliphatic rings. The smallest absolute Gasteiger partial charge is 0.224 e. The van der Waals surface area contributed by atoms with E-state index in [1.165, 1.54) is 4.88 Å². The Hall–Kier alpha value is -2.52. The topological polar surface area (TPSA) is 83.0 Å². The normalized spacial score (nSPS) is 19.2. The molecule has 8 nitrogen and oxygen atoms in total. The number of carbonyl (C=O) groups is 1. The first-order valence-corrected chi connectivity index (χ1v) is 11.2. The van der Waals surface area contributed by atoms with Gasteiger partial charge in [0.2, 0.25) is 5.91 Å². The van der Waals surface area contributed by atoms with E-state index in [9.17, 15) is 4.79 Å². The van der Waals surface area contributed by atoms with Crippen molar-refractivity contribution in [1.82, 2.24) is 19.9 Å². The monoisotopic (exact) mass is 428 g/mol. The summed E-state index contributed by atoms with van der Waals surface area (Å²) in [5.41, 5.74) is 2.98. The van der Waals surface area contributed by atoms with Gasteiger partial charge in [0, 0.05) is 43.1 Å². The van der Waals surface area contributed by atoms with Crippen molar-refractivity contribution < 1.29 is 9.53 Å². The maximum Gasteiger partial charge on any atom is 0.224 e. The van der Waals surface area contributed by atoms with E-state index in [1.54, 1.807) is 11.3 Å². The standard InChI is InChI=1S/C21H28N6O2S/c1-14-7-9-27(25-14)10-8-20(28)26-11-12-29-18(13-26)17-5-4-6-19(23-17)24-21-22-15(2)16(3)30-21/h4-6,18H,7-13H2,1-3H3,(H,22,23,24)/t18-/m0/s1. The second-order valence-electron chi connectivity index (χ2n) is 7.72. The van der Waals surface area contributed by atoms with Crippen molar-refractivity contribution in [2.45, 2.75) is 39.7 Å². The average Bonchev–Trinajstić information content (AvgIpc) is 3.30. The lowest BCUT2D eigenvalue weighted by Gasteiger charge is -2.33. The molecule has 1 amide bonds. The van der Waals surface area contributed by atoms with Crippen LogP contribution >= 0.6 is 11.3 Å². The molecule has 0 radical (unpaired) electrons. The van der Waals surface area contributed by atoms with Crippen LogP contribution in [0, 0.1) is 13.8 Å². The Bertz CT molecular complexity index is 924. The van der Waals surface area contributed by atoms with Gasteiger partial charge in [-0.1, -0.05) is 6.07 Å². The fourth-order valence-electron chi connectivity index (χ4n) is 3.57. The Balaban J connectivity index is 1.36. The minimum absolute atomic E-state index is 0.145. The Kier molecular flexibility index (Phi) is 6.29. The van der Waals surface area contributed by atoms with E-state index >= 15 is 0 Å². The number of hydrazone groups is 1. The number of aryl methyl sites for hydroxylation is 2. The number of aromatic nitrogens is 2. The third kappa shape index (κ3) is 4.96. The van der Waals surface area contributed by atoms with Crippen molar-refractivity contribution in [3.8, 4) is 0 Å². The first-order chi connectivity index (χ1) is 14.5. The van der Waals surface area contributed by atoms with Crippen LogP contribution < -0.4 is 5.32 Å². The van der Waals surface area contributed by atoms with Crippen LogP contribution in [0.15, 0.2) is 23.3 Å². The summed E-state index contributed by atoms with van der Waals surface area (Å²) in [6.07, 6.45) is 1.24. The van der Waals surface area contributed by atoms with Gasteiger partial charge in [0.15, 0.2) is 5.13 Å². The van der Waals surface area contributed by atoms with Gasteiger partial charge < -0.3 is 15.0 Å². The van der Waals surface area contributed by atoms with Crippen molar-refractivity contribution in [1.29, 1.82) is 0 Å². The van der Waals surface area contributed by atoms with E-state index in [2.05, 4.69) is 22.3 Å². The second kappa shape index (κ2) is 9.09. The highest BCUT2D eigenvalue weighted by atomic mass is 32.1. The van der Waals surface area contributed by atoms with Gasteiger partial charge in [-0.2, -0.15) is 5.10 Å². The lowest BCUT2D eigenvalue weighted by Crippen LogP contribution is -2.43. The average molecular weight is 429 g/mol. The first-order valence-electron chi connectivity index (χ1n) is 10.3. The van der Waals surface area contributed by atoms with E-state index in [0.29, 0.717) is 32.7 Å². The fourth-order valence-corrected chi connectivity index (χ4v) is 4.39. The van der Waals surface area contributed by atoms with Gasteiger partial charge in [0.05, 0.1) is 24.5 Å². The van der Waals surface area contributed by atoms with Crippen LogP contribution in [0.5, 0.6) is 0 Å². The number of carbonyl (C=O) groups excluding carboxylic acids is 1. The van der Waals surface area contributed by atoms with Crippen LogP contribution in [0.2, 0.25) is 0 Å². The molecule has 0 aliphatic carbocycles. The predicted molar refractivity (Wildman–Crippen MR) is 118 cm³/mol. The predicted octanol–water partition coefficient (Wildman–Crippen LogP) is 3.27. The number of thiazole rings is 1. The van der Waals surface area contributed by atoms with Gasteiger partial charge >= 0.3 is 0 Å². The Morgan fingerprint density at radius 1 is 1.27 bits per heavy atom. The van der Waals surface area contributed by atoms with Gasteiger partial charge in [-0.3, -0.25) is 9.80 Å². The molecule has 160 valence electrons. The number of rotatable bonds is 6. The van der Waals surface area contributed by atoms with Gasteiger partial charge in [-0.15, -0.1) is 11.3 Å². The summed E-state index contributed by atoms with van der Waals surface area (Å²) in [5.74, 6) is 0.877. The number of pyridine rings is 1. The molecule has 1 atom stereocenters. The molecule has 4 rings (SSSR count). The van der Waals surface area contributed by atoms with Crippen molar-refractivity contribution in [2.24, 2.45) is 5.10 Å². The van der Waals surface area contributed by atoms with Gasteiger partial charge in [0.1, 0.15) is 11.9 Å². The molecular formula is C21H28N6O2S. The summed E-state index contributed by atoms with van der Waals surface area (Å²) < 4.78 is 5.94. The molecule has 0 bridgehead atoms. The molecule has 9 heteroatoms. The van der Waals surface area contributed by atoms with Crippen LogP contribution in [-0.4, -0.2) is 64.3 Å². The molecule has 2 aliphatic heterocycles. The zero-order valence-electron chi connectivity index (χ0n) is 17.7. The maximum atomic E-state index is 12.7. The van der Waals surface area contributed by atoms with Crippen molar-refractivity contribution >= 4 is 33.9 Å². The van der Waals surface area contributed by atoms with E-state index in [1.807, 2.05) is 42.0 Å². The van der Waals surface area contributed by atoms with Crippen molar-refractivity contribution in [3.05, 3.63) is 34.5 Å². The van der Waals surface area contributed by atoms with Crippen molar-refractivity contribution in [2.75, 3.05) is 38.1 Å². The molecular weight excluding hydrogens is 400 g/mol. The van der Waals surface area contributed by atoms with Crippen LogP contribution in [0.25, 0.3) is 0 Å². The van der Waals surface area contributed by atoms with E-state index in [-0.39, 0.29) is 12.0 Å². The van der Waals surface area contributed by atoms with Gasteiger partial charge in [-0.05, 0) is 32.9 Å². The number of ether oxygens (including phenoxy) is 1. The zero-order chi connectivity index (χ0) is 21.1. The lowest BCUT2D eigenvalue weighted by atomic mass is 10.1.